The Hall–Kier alpha value is -3.35. The summed E-state index contributed by atoms with van der Waals surface area (Å²) in [5.74, 6) is -0.665. The molecule has 166 valence electrons. The third-order valence-electron chi connectivity index (χ3n) is 4.39. The topological polar surface area (TPSA) is 90.9 Å². The molecule has 0 atom stereocenters. The van der Waals surface area contributed by atoms with E-state index in [1.54, 1.807) is 30.3 Å². The number of unbranched alkanes of at least 4 members (excludes halogenated alkanes) is 1. The van der Waals surface area contributed by atoms with Crippen LogP contribution in [0.5, 0.6) is 5.75 Å². The van der Waals surface area contributed by atoms with Crippen LogP contribution in [0.1, 0.15) is 55.5 Å². The van der Waals surface area contributed by atoms with Gasteiger partial charge < -0.3 is 19.5 Å². The van der Waals surface area contributed by atoms with Crippen molar-refractivity contribution in [2.24, 2.45) is 0 Å². The van der Waals surface area contributed by atoms with Crippen molar-refractivity contribution in [3.05, 3.63) is 59.7 Å². The summed E-state index contributed by atoms with van der Waals surface area (Å²) in [5.41, 5.74) is 1.87. The first-order valence-corrected chi connectivity index (χ1v) is 10.3. The molecule has 7 nitrogen and oxygen atoms in total. The SMILES string of the molecule is CCCCOC(=O)c1ccc(NC(=O)COC(=O)COc2ccccc2C(C)C)cc1. The van der Waals surface area contributed by atoms with Crippen LogP contribution >= 0.6 is 0 Å². The van der Waals surface area contributed by atoms with Crippen molar-refractivity contribution in [3.8, 4) is 5.75 Å². The Morgan fingerprint density at radius 1 is 0.935 bits per heavy atom. The van der Waals surface area contributed by atoms with Crippen LogP contribution in [-0.2, 0) is 19.1 Å². The van der Waals surface area contributed by atoms with Crippen LogP contribution in [0.15, 0.2) is 48.5 Å². The molecule has 0 spiro atoms. The van der Waals surface area contributed by atoms with Crippen molar-refractivity contribution in [1.29, 1.82) is 0 Å². The molecule has 1 N–H and O–H groups in total. The quantitative estimate of drug-likeness (QED) is 0.424. The van der Waals surface area contributed by atoms with Gasteiger partial charge in [0.2, 0.25) is 0 Å². The van der Waals surface area contributed by atoms with Gasteiger partial charge in [0.1, 0.15) is 5.75 Å². The van der Waals surface area contributed by atoms with E-state index in [0.29, 0.717) is 23.6 Å². The molecule has 0 fully saturated rings. The lowest BCUT2D eigenvalue weighted by atomic mass is 10.0. The van der Waals surface area contributed by atoms with Crippen LogP contribution in [0, 0.1) is 0 Å². The normalized spacial score (nSPS) is 10.5. The average Bonchev–Trinajstić information content (AvgIpc) is 2.77. The highest BCUT2D eigenvalue weighted by Crippen LogP contribution is 2.25. The molecular weight excluding hydrogens is 398 g/mol. The van der Waals surface area contributed by atoms with Gasteiger partial charge in [0.05, 0.1) is 12.2 Å². The Morgan fingerprint density at radius 2 is 1.65 bits per heavy atom. The largest absolute Gasteiger partial charge is 0.482 e. The van der Waals surface area contributed by atoms with Crippen LogP contribution in [0.4, 0.5) is 5.69 Å². The Bertz CT molecular complexity index is 876. The first-order valence-electron chi connectivity index (χ1n) is 10.3. The van der Waals surface area contributed by atoms with Crippen molar-refractivity contribution in [2.75, 3.05) is 25.1 Å². The highest BCUT2D eigenvalue weighted by molar-refractivity contribution is 5.94. The summed E-state index contributed by atoms with van der Waals surface area (Å²) in [5, 5.41) is 2.60. The third-order valence-corrected chi connectivity index (χ3v) is 4.39. The van der Waals surface area contributed by atoms with Crippen molar-refractivity contribution in [3.63, 3.8) is 0 Å². The van der Waals surface area contributed by atoms with Gasteiger partial charge in [0.15, 0.2) is 13.2 Å². The maximum absolute atomic E-state index is 12.0. The van der Waals surface area contributed by atoms with E-state index >= 15 is 0 Å². The lowest BCUT2D eigenvalue weighted by Gasteiger charge is -2.13. The summed E-state index contributed by atoms with van der Waals surface area (Å²) < 4.78 is 15.6. The van der Waals surface area contributed by atoms with E-state index in [-0.39, 0.29) is 12.5 Å². The fourth-order valence-corrected chi connectivity index (χ4v) is 2.69. The molecule has 0 aromatic heterocycles. The first kappa shape index (κ1) is 23.9. The average molecular weight is 427 g/mol. The summed E-state index contributed by atoms with van der Waals surface area (Å²) >= 11 is 0. The predicted octanol–water partition coefficient (Wildman–Crippen LogP) is 4.33. The van der Waals surface area contributed by atoms with E-state index in [1.165, 1.54) is 0 Å². The van der Waals surface area contributed by atoms with Gasteiger partial charge in [-0.15, -0.1) is 0 Å². The molecule has 2 aromatic rings. The molecule has 0 bridgehead atoms. The molecule has 0 unspecified atom stereocenters. The molecule has 0 aliphatic rings. The maximum atomic E-state index is 12.0. The molecule has 31 heavy (non-hydrogen) atoms. The van der Waals surface area contributed by atoms with Gasteiger partial charge in [0, 0.05) is 5.69 Å². The third kappa shape index (κ3) is 8.12. The van der Waals surface area contributed by atoms with Gasteiger partial charge in [-0.25, -0.2) is 9.59 Å². The number of nitrogens with one attached hydrogen (secondary N) is 1. The second-order valence-corrected chi connectivity index (χ2v) is 7.26. The summed E-state index contributed by atoms with van der Waals surface area (Å²) in [4.78, 5) is 35.8. The Balaban J connectivity index is 1.75. The van der Waals surface area contributed by atoms with Gasteiger partial charge in [0.25, 0.3) is 5.91 Å². The minimum atomic E-state index is -0.640. The second-order valence-electron chi connectivity index (χ2n) is 7.26. The van der Waals surface area contributed by atoms with Gasteiger partial charge >= 0.3 is 11.9 Å². The van der Waals surface area contributed by atoms with Gasteiger partial charge in [-0.2, -0.15) is 0 Å². The summed E-state index contributed by atoms with van der Waals surface area (Å²) in [6.45, 7) is 5.74. The number of benzene rings is 2. The summed E-state index contributed by atoms with van der Waals surface area (Å²) in [7, 11) is 0. The van der Waals surface area contributed by atoms with E-state index in [1.807, 2.05) is 39.0 Å². The molecule has 0 radical (unpaired) electrons. The molecule has 0 saturated carbocycles. The van der Waals surface area contributed by atoms with E-state index in [2.05, 4.69) is 5.32 Å². The number of ether oxygens (including phenoxy) is 3. The van der Waals surface area contributed by atoms with Crippen molar-refractivity contribution in [2.45, 2.75) is 39.5 Å². The van der Waals surface area contributed by atoms with Crippen molar-refractivity contribution >= 4 is 23.5 Å². The zero-order valence-electron chi connectivity index (χ0n) is 18.2. The Kier molecular flexibility index (Phi) is 9.55. The zero-order chi connectivity index (χ0) is 22.6. The van der Waals surface area contributed by atoms with Gasteiger partial charge in [-0.1, -0.05) is 45.4 Å². The van der Waals surface area contributed by atoms with Crippen LogP contribution in [-0.4, -0.2) is 37.7 Å². The monoisotopic (exact) mass is 427 g/mol. The number of hydrogen-bond donors (Lipinski definition) is 1. The predicted molar refractivity (Wildman–Crippen MR) is 117 cm³/mol. The van der Waals surface area contributed by atoms with Crippen LogP contribution in [0.3, 0.4) is 0 Å². The smallest absolute Gasteiger partial charge is 0.344 e. The molecule has 0 heterocycles. The summed E-state index contributed by atoms with van der Waals surface area (Å²) in [6, 6.07) is 13.8. The molecule has 1 amide bonds. The number of rotatable bonds is 11. The highest BCUT2D eigenvalue weighted by Gasteiger charge is 2.12. The zero-order valence-corrected chi connectivity index (χ0v) is 18.2. The maximum Gasteiger partial charge on any atom is 0.344 e. The molecule has 0 aliphatic carbocycles. The summed E-state index contributed by atoms with van der Waals surface area (Å²) in [6.07, 6.45) is 1.76. The van der Waals surface area contributed by atoms with Gasteiger partial charge in [-0.05, 0) is 48.2 Å². The number of anilines is 1. The fraction of sp³-hybridized carbons (Fsp3) is 0.375. The number of para-hydroxylation sites is 1. The molecular formula is C24H29NO6. The lowest BCUT2D eigenvalue weighted by Crippen LogP contribution is -2.23. The molecule has 2 aromatic carbocycles. The Labute approximate surface area is 182 Å². The van der Waals surface area contributed by atoms with Crippen molar-refractivity contribution < 1.29 is 28.6 Å². The second kappa shape index (κ2) is 12.4. The number of carbonyl (C=O) groups is 3. The minimum absolute atomic E-state index is 0.252. The molecule has 7 heteroatoms. The molecule has 0 saturated heterocycles. The first-order chi connectivity index (χ1) is 14.9. The van der Waals surface area contributed by atoms with Crippen LogP contribution < -0.4 is 10.1 Å². The van der Waals surface area contributed by atoms with E-state index in [4.69, 9.17) is 14.2 Å². The fourth-order valence-electron chi connectivity index (χ4n) is 2.69. The van der Waals surface area contributed by atoms with E-state index in [0.717, 1.165) is 18.4 Å². The number of esters is 2. The number of hydrogen-bond acceptors (Lipinski definition) is 6. The number of amides is 1. The highest BCUT2D eigenvalue weighted by atomic mass is 16.6. The lowest BCUT2D eigenvalue weighted by molar-refractivity contribution is -0.149. The van der Waals surface area contributed by atoms with Gasteiger partial charge in [-0.3, -0.25) is 4.79 Å². The van der Waals surface area contributed by atoms with E-state index in [9.17, 15) is 14.4 Å². The molecule has 2 rings (SSSR count). The standard InChI is InChI=1S/C24H29NO6/c1-4-5-14-29-24(28)18-10-12-19(13-11-18)25-22(26)15-31-23(27)16-30-21-9-7-6-8-20(21)17(2)3/h6-13,17H,4-5,14-16H2,1-3H3,(H,25,26). The van der Waals surface area contributed by atoms with E-state index < -0.39 is 24.5 Å². The van der Waals surface area contributed by atoms with Crippen molar-refractivity contribution in [1.82, 2.24) is 0 Å². The Morgan fingerprint density at radius 3 is 2.32 bits per heavy atom. The van der Waals surface area contributed by atoms with Crippen LogP contribution in [0.25, 0.3) is 0 Å². The minimum Gasteiger partial charge on any atom is -0.482 e. The van der Waals surface area contributed by atoms with Crippen LogP contribution in [0.2, 0.25) is 0 Å². The molecule has 0 aliphatic heterocycles. The number of carbonyl (C=O) groups excluding carboxylic acids is 3.